The average molecular weight is 150 g/mol. The highest BCUT2D eigenvalue weighted by molar-refractivity contribution is 6.11. The number of carbonyl (C=O) groups excluding carboxylic acids is 1. The van der Waals surface area contributed by atoms with Crippen molar-refractivity contribution in [3.8, 4) is 0 Å². The lowest BCUT2D eigenvalue weighted by Crippen LogP contribution is -1.97. The molecule has 0 spiro atoms. The zero-order chi connectivity index (χ0) is 8.59. The number of ketones is 1. The first kappa shape index (κ1) is 8.25. The molecule has 0 saturated heterocycles. The molecule has 0 aromatic rings. The fourth-order valence-corrected chi connectivity index (χ4v) is 1.30. The van der Waals surface area contributed by atoms with Crippen LogP contribution in [0.2, 0.25) is 0 Å². The maximum atomic E-state index is 11.4. The lowest BCUT2D eigenvalue weighted by molar-refractivity contribution is -0.111. The lowest BCUT2D eigenvalue weighted by atomic mass is 10.1. The number of hydrogen-bond donors (Lipinski definition) is 0. The van der Waals surface area contributed by atoms with E-state index in [9.17, 15) is 4.79 Å². The van der Waals surface area contributed by atoms with Crippen LogP contribution in [-0.2, 0) is 4.79 Å². The summed E-state index contributed by atoms with van der Waals surface area (Å²) >= 11 is 0. The summed E-state index contributed by atoms with van der Waals surface area (Å²) in [6.07, 6.45) is 0.868. The Labute approximate surface area is 67.8 Å². The van der Waals surface area contributed by atoms with Gasteiger partial charge in [0, 0.05) is 5.57 Å². The van der Waals surface area contributed by atoms with E-state index in [1.807, 2.05) is 27.7 Å². The van der Waals surface area contributed by atoms with Crippen molar-refractivity contribution in [1.82, 2.24) is 0 Å². The van der Waals surface area contributed by atoms with Crippen molar-refractivity contribution in [3.05, 3.63) is 22.3 Å². The topological polar surface area (TPSA) is 17.1 Å². The molecule has 0 bridgehead atoms. The highest BCUT2D eigenvalue weighted by Crippen LogP contribution is 2.28. The van der Waals surface area contributed by atoms with Gasteiger partial charge in [-0.15, -0.1) is 0 Å². The second-order valence-corrected chi connectivity index (χ2v) is 3.39. The van der Waals surface area contributed by atoms with Gasteiger partial charge in [-0.3, -0.25) is 4.79 Å². The van der Waals surface area contributed by atoms with Crippen molar-refractivity contribution in [2.75, 3.05) is 0 Å². The molecule has 1 aliphatic rings. The van der Waals surface area contributed by atoms with Crippen molar-refractivity contribution in [2.24, 2.45) is 0 Å². The Morgan fingerprint density at radius 3 is 2.00 bits per heavy atom. The number of rotatable bonds is 0. The first-order chi connectivity index (χ1) is 5.04. The molecule has 60 valence electrons. The highest BCUT2D eigenvalue weighted by atomic mass is 16.1. The summed E-state index contributed by atoms with van der Waals surface area (Å²) in [5.74, 6) is 0.252. The van der Waals surface area contributed by atoms with Gasteiger partial charge in [0.25, 0.3) is 0 Å². The molecular weight excluding hydrogens is 136 g/mol. The molecule has 0 amide bonds. The number of allylic oxidation sites excluding steroid dienone is 4. The van der Waals surface area contributed by atoms with E-state index in [0.29, 0.717) is 0 Å². The molecule has 1 rings (SSSR count). The van der Waals surface area contributed by atoms with E-state index in [0.717, 1.165) is 23.1 Å². The normalized spacial score (nSPS) is 18.2. The van der Waals surface area contributed by atoms with Crippen LogP contribution in [0, 0.1) is 0 Å². The summed E-state index contributed by atoms with van der Waals surface area (Å²) in [5, 5.41) is 0. The summed E-state index contributed by atoms with van der Waals surface area (Å²) in [4.78, 5) is 11.4. The molecule has 0 aromatic heterocycles. The van der Waals surface area contributed by atoms with Gasteiger partial charge >= 0.3 is 0 Å². The maximum absolute atomic E-state index is 11.4. The first-order valence-corrected chi connectivity index (χ1v) is 3.91. The molecule has 1 nitrogen and oxygen atoms in total. The van der Waals surface area contributed by atoms with Gasteiger partial charge in [-0.05, 0) is 39.7 Å². The smallest absolute Gasteiger partial charge is 0.184 e. The van der Waals surface area contributed by atoms with Gasteiger partial charge in [0.1, 0.15) is 0 Å². The van der Waals surface area contributed by atoms with Gasteiger partial charge in [0.15, 0.2) is 5.78 Å². The van der Waals surface area contributed by atoms with Crippen LogP contribution in [-0.4, -0.2) is 5.78 Å². The molecule has 0 aromatic carbocycles. The van der Waals surface area contributed by atoms with Gasteiger partial charge in [-0.25, -0.2) is 0 Å². The second kappa shape index (κ2) is 2.65. The van der Waals surface area contributed by atoms with Crippen LogP contribution in [0.1, 0.15) is 34.1 Å². The molecule has 0 aliphatic heterocycles. The van der Waals surface area contributed by atoms with E-state index in [2.05, 4.69) is 0 Å². The SMILES string of the molecule is CC(C)=C1CC(C)=C(C)C1=O. The summed E-state index contributed by atoms with van der Waals surface area (Å²) in [6.45, 7) is 7.94. The zero-order valence-corrected chi connectivity index (χ0v) is 7.62. The Bertz CT molecular complexity index is 263. The van der Waals surface area contributed by atoms with E-state index in [1.165, 1.54) is 5.57 Å². The minimum atomic E-state index is 0.252. The van der Waals surface area contributed by atoms with Crippen LogP contribution >= 0.6 is 0 Å². The van der Waals surface area contributed by atoms with Crippen LogP contribution in [0.5, 0.6) is 0 Å². The Hall–Kier alpha value is -0.850. The standard InChI is InChI=1S/C10H14O/c1-6(2)9-5-7(3)8(4)10(9)11/h5H2,1-4H3. The molecule has 0 heterocycles. The van der Waals surface area contributed by atoms with Crippen molar-refractivity contribution < 1.29 is 4.79 Å². The Morgan fingerprint density at radius 2 is 1.82 bits per heavy atom. The summed E-state index contributed by atoms with van der Waals surface area (Å²) in [7, 11) is 0. The third-order valence-corrected chi connectivity index (χ3v) is 2.30. The largest absolute Gasteiger partial charge is 0.289 e. The van der Waals surface area contributed by atoms with Crippen molar-refractivity contribution in [2.45, 2.75) is 34.1 Å². The second-order valence-electron chi connectivity index (χ2n) is 3.39. The van der Waals surface area contributed by atoms with Crippen LogP contribution in [0.3, 0.4) is 0 Å². The third kappa shape index (κ3) is 1.28. The average Bonchev–Trinajstić information content (AvgIpc) is 2.17. The monoisotopic (exact) mass is 150 g/mol. The van der Waals surface area contributed by atoms with Crippen LogP contribution in [0.15, 0.2) is 22.3 Å². The predicted molar refractivity (Wildman–Crippen MR) is 46.4 cm³/mol. The predicted octanol–water partition coefficient (Wildman–Crippen LogP) is 2.63. The molecule has 0 atom stereocenters. The number of Topliss-reactive ketones (excluding diaryl/α,β-unsaturated/α-hetero) is 1. The van der Waals surface area contributed by atoms with E-state index in [4.69, 9.17) is 0 Å². The fourth-order valence-electron chi connectivity index (χ4n) is 1.30. The van der Waals surface area contributed by atoms with E-state index in [1.54, 1.807) is 0 Å². The van der Waals surface area contributed by atoms with Crippen molar-refractivity contribution in [3.63, 3.8) is 0 Å². The van der Waals surface area contributed by atoms with Gasteiger partial charge in [0.2, 0.25) is 0 Å². The Morgan fingerprint density at radius 1 is 1.27 bits per heavy atom. The Kier molecular flexibility index (Phi) is 1.99. The summed E-state index contributed by atoms with van der Waals surface area (Å²) in [5.41, 5.74) is 4.33. The molecular formula is C10H14O. The highest BCUT2D eigenvalue weighted by Gasteiger charge is 2.22. The quantitative estimate of drug-likeness (QED) is 0.485. The fraction of sp³-hybridized carbons (Fsp3) is 0.500. The van der Waals surface area contributed by atoms with Crippen molar-refractivity contribution in [1.29, 1.82) is 0 Å². The third-order valence-electron chi connectivity index (χ3n) is 2.30. The maximum Gasteiger partial charge on any atom is 0.184 e. The zero-order valence-electron chi connectivity index (χ0n) is 7.62. The molecule has 0 unspecified atom stereocenters. The molecule has 1 aliphatic carbocycles. The molecule has 0 fully saturated rings. The molecule has 11 heavy (non-hydrogen) atoms. The van der Waals surface area contributed by atoms with E-state index in [-0.39, 0.29) is 5.78 Å². The van der Waals surface area contributed by atoms with Crippen LogP contribution in [0.25, 0.3) is 0 Å². The van der Waals surface area contributed by atoms with E-state index >= 15 is 0 Å². The van der Waals surface area contributed by atoms with Crippen molar-refractivity contribution >= 4 is 5.78 Å². The minimum absolute atomic E-state index is 0.252. The summed E-state index contributed by atoms with van der Waals surface area (Å²) < 4.78 is 0. The molecule has 0 radical (unpaired) electrons. The number of hydrogen-bond acceptors (Lipinski definition) is 1. The lowest BCUT2D eigenvalue weighted by Gasteiger charge is -1.97. The molecule has 1 heteroatoms. The van der Waals surface area contributed by atoms with Gasteiger partial charge < -0.3 is 0 Å². The van der Waals surface area contributed by atoms with Gasteiger partial charge in [-0.2, -0.15) is 0 Å². The first-order valence-electron chi connectivity index (χ1n) is 3.91. The number of carbonyl (C=O) groups is 1. The Balaban J connectivity index is 3.06. The van der Waals surface area contributed by atoms with E-state index < -0.39 is 0 Å². The minimum Gasteiger partial charge on any atom is -0.289 e. The molecule has 0 N–H and O–H groups in total. The van der Waals surface area contributed by atoms with Gasteiger partial charge in [0.05, 0.1) is 0 Å². The van der Waals surface area contributed by atoms with Crippen LogP contribution in [0.4, 0.5) is 0 Å². The molecule has 0 saturated carbocycles. The van der Waals surface area contributed by atoms with Crippen LogP contribution < -0.4 is 0 Å². The summed E-state index contributed by atoms with van der Waals surface area (Å²) in [6, 6.07) is 0. The van der Waals surface area contributed by atoms with Gasteiger partial charge in [-0.1, -0.05) is 11.1 Å².